The molecule has 0 saturated carbocycles. The van der Waals surface area contributed by atoms with Crippen molar-refractivity contribution in [2.75, 3.05) is 0 Å². The maximum atomic E-state index is 11.6. The number of ether oxygens (including phenoxy) is 1. The van der Waals surface area contributed by atoms with Crippen molar-refractivity contribution >= 4 is 17.5 Å². The first kappa shape index (κ1) is 14.8. The Bertz CT molecular complexity index is 632. The van der Waals surface area contributed by atoms with Gasteiger partial charge in [-0.25, -0.2) is 4.79 Å². The minimum absolute atomic E-state index is 0.108. The van der Waals surface area contributed by atoms with E-state index >= 15 is 0 Å². The predicted molar refractivity (Wildman–Crippen MR) is 78.0 cm³/mol. The molecular formula is C17H16O4. The van der Waals surface area contributed by atoms with Crippen LogP contribution in [0.15, 0.2) is 47.1 Å². The monoisotopic (exact) mass is 284 g/mol. The van der Waals surface area contributed by atoms with Crippen molar-refractivity contribution in [2.24, 2.45) is 0 Å². The van der Waals surface area contributed by atoms with E-state index in [4.69, 9.17) is 9.15 Å². The van der Waals surface area contributed by atoms with E-state index in [1.807, 2.05) is 37.1 Å². The van der Waals surface area contributed by atoms with E-state index in [-0.39, 0.29) is 19.0 Å². The molecule has 0 aliphatic rings. The van der Waals surface area contributed by atoms with Crippen LogP contribution >= 0.6 is 0 Å². The Morgan fingerprint density at radius 3 is 2.57 bits per heavy atom. The third-order valence-corrected chi connectivity index (χ3v) is 3.06. The molecule has 108 valence electrons. The molecule has 0 atom stereocenters. The number of carbonyl (C=O) groups is 1. The first-order valence-electron chi connectivity index (χ1n) is 6.68. The molecular weight excluding hydrogens is 268 g/mol. The molecule has 4 nitrogen and oxygen atoms in total. The fraction of sp³-hybridized carbons (Fsp3) is 0.235. The number of hydrogen-bond donors (Lipinski definition) is 0. The number of rotatable bonds is 6. The van der Waals surface area contributed by atoms with Gasteiger partial charge in [0.05, 0.1) is 12.7 Å². The Morgan fingerprint density at radius 1 is 1.19 bits per heavy atom. The van der Waals surface area contributed by atoms with E-state index in [2.05, 4.69) is 0 Å². The van der Waals surface area contributed by atoms with Crippen LogP contribution < -0.4 is 0 Å². The van der Waals surface area contributed by atoms with E-state index in [1.54, 1.807) is 12.1 Å². The lowest BCUT2D eigenvalue weighted by atomic mass is 10.0. The van der Waals surface area contributed by atoms with Crippen molar-refractivity contribution in [1.82, 2.24) is 0 Å². The van der Waals surface area contributed by atoms with Crippen LogP contribution in [0, 0.1) is 6.92 Å². The summed E-state index contributed by atoms with van der Waals surface area (Å²) < 4.78 is 10.1. The molecule has 1 aromatic heterocycles. The second kappa shape index (κ2) is 7.27. The number of benzene rings is 1. The molecule has 0 aliphatic carbocycles. The van der Waals surface area contributed by atoms with Gasteiger partial charge in [0.1, 0.15) is 18.3 Å². The summed E-state index contributed by atoms with van der Waals surface area (Å²) in [5.41, 5.74) is 2.38. The molecule has 0 spiro atoms. The quantitative estimate of drug-likeness (QED) is 0.603. The van der Waals surface area contributed by atoms with Crippen molar-refractivity contribution in [1.29, 1.82) is 0 Å². The number of furan rings is 1. The van der Waals surface area contributed by atoms with Gasteiger partial charge in [-0.05, 0) is 31.0 Å². The lowest BCUT2D eigenvalue weighted by Gasteiger charge is -2.05. The van der Waals surface area contributed by atoms with Crippen LogP contribution in [0.2, 0.25) is 0 Å². The molecule has 0 unspecified atom stereocenters. The fourth-order valence-electron chi connectivity index (χ4n) is 1.85. The maximum absolute atomic E-state index is 11.6. The average Bonchev–Trinajstić information content (AvgIpc) is 3.01. The van der Waals surface area contributed by atoms with Gasteiger partial charge in [-0.2, -0.15) is 0 Å². The molecule has 1 heterocycles. The standard InChI is InChI=1S/C17H16O4/c1-13-4-6-14(7-5-13)15(11-18)8-9-17(19)21-12-16-3-2-10-20-16/h2-7,10H,8-9,12H2,1H3. The molecule has 0 aliphatic heterocycles. The molecule has 0 saturated heterocycles. The van der Waals surface area contributed by atoms with Crippen molar-refractivity contribution < 1.29 is 18.7 Å². The molecule has 0 radical (unpaired) electrons. The van der Waals surface area contributed by atoms with E-state index in [0.717, 1.165) is 11.1 Å². The lowest BCUT2D eigenvalue weighted by Crippen LogP contribution is -2.04. The van der Waals surface area contributed by atoms with Gasteiger partial charge in [-0.3, -0.25) is 4.79 Å². The molecule has 4 heteroatoms. The molecule has 2 aromatic rings. The van der Waals surface area contributed by atoms with Crippen molar-refractivity contribution in [3.05, 3.63) is 59.5 Å². The Hall–Kier alpha value is -2.58. The minimum Gasteiger partial charge on any atom is -0.466 e. The highest BCUT2D eigenvalue weighted by Crippen LogP contribution is 2.18. The Morgan fingerprint density at radius 2 is 1.95 bits per heavy atom. The van der Waals surface area contributed by atoms with Crippen LogP contribution in [0.4, 0.5) is 0 Å². The second-order valence-electron chi connectivity index (χ2n) is 4.69. The largest absolute Gasteiger partial charge is 0.466 e. The number of allylic oxidation sites excluding steroid dienone is 1. The topological polar surface area (TPSA) is 56.5 Å². The highest BCUT2D eigenvalue weighted by atomic mass is 16.5. The van der Waals surface area contributed by atoms with Gasteiger partial charge in [0.2, 0.25) is 0 Å². The molecule has 21 heavy (non-hydrogen) atoms. The van der Waals surface area contributed by atoms with Crippen LogP contribution in [-0.2, 0) is 20.9 Å². The van der Waals surface area contributed by atoms with Crippen LogP contribution in [-0.4, -0.2) is 11.9 Å². The van der Waals surface area contributed by atoms with Crippen LogP contribution in [0.5, 0.6) is 0 Å². The van der Waals surface area contributed by atoms with E-state index < -0.39 is 0 Å². The number of hydrogen-bond acceptors (Lipinski definition) is 4. The zero-order valence-electron chi connectivity index (χ0n) is 11.8. The SMILES string of the molecule is Cc1ccc(C(=C=O)CCC(=O)OCc2ccco2)cc1. The average molecular weight is 284 g/mol. The first-order chi connectivity index (χ1) is 10.2. The predicted octanol–water partition coefficient (Wildman–Crippen LogP) is 3.33. The van der Waals surface area contributed by atoms with Gasteiger partial charge in [0.15, 0.2) is 0 Å². The highest BCUT2D eigenvalue weighted by Gasteiger charge is 2.09. The summed E-state index contributed by atoms with van der Waals surface area (Å²) in [6.07, 6.45) is 1.97. The van der Waals surface area contributed by atoms with Gasteiger partial charge in [-0.1, -0.05) is 29.8 Å². The number of esters is 1. The zero-order valence-corrected chi connectivity index (χ0v) is 11.8. The molecule has 0 amide bonds. The summed E-state index contributed by atoms with van der Waals surface area (Å²) in [6.45, 7) is 2.08. The Balaban J connectivity index is 1.84. The first-order valence-corrected chi connectivity index (χ1v) is 6.68. The fourth-order valence-corrected chi connectivity index (χ4v) is 1.85. The minimum atomic E-state index is -0.369. The summed E-state index contributed by atoms with van der Waals surface area (Å²) in [6, 6.07) is 11.0. The Kier molecular flexibility index (Phi) is 5.13. The smallest absolute Gasteiger partial charge is 0.306 e. The summed E-state index contributed by atoms with van der Waals surface area (Å²) >= 11 is 0. The van der Waals surface area contributed by atoms with Crippen LogP contribution in [0.1, 0.15) is 29.7 Å². The number of carbonyl (C=O) groups excluding carboxylic acids is 2. The van der Waals surface area contributed by atoms with E-state index in [9.17, 15) is 9.59 Å². The summed E-state index contributed by atoms with van der Waals surface area (Å²) in [7, 11) is 0. The molecule has 0 bridgehead atoms. The summed E-state index contributed by atoms with van der Waals surface area (Å²) in [5.74, 6) is 2.12. The van der Waals surface area contributed by atoms with Gasteiger partial charge >= 0.3 is 5.97 Å². The molecule has 2 rings (SSSR count). The number of aryl methyl sites for hydroxylation is 1. The van der Waals surface area contributed by atoms with E-state index in [1.165, 1.54) is 6.26 Å². The van der Waals surface area contributed by atoms with Gasteiger partial charge in [0.25, 0.3) is 0 Å². The molecule has 0 fully saturated rings. The van der Waals surface area contributed by atoms with Crippen LogP contribution in [0.3, 0.4) is 0 Å². The molecule has 1 aromatic carbocycles. The van der Waals surface area contributed by atoms with Crippen LogP contribution in [0.25, 0.3) is 5.57 Å². The molecule has 0 N–H and O–H groups in total. The second-order valence-corrected chi connectivity index (χ2v) is 4.69. The van der Waals surface area contributed by atoms with Gasteiger partial charge in [-0.15, -0.1) is 0 Å². The van der Waals surface area contributed by atoms with Crippen molar-refractivity contribution in [2.45, 2.75) is 26.4 Å². The van der Waals surface area contributed by atoms with Crippen molar-refractivity contribution in [3.8, 4) is 0 Å². The van der Waals surface area contributed by atoms with Gasteiger partial charge < -0.3 is 9.15 Å². The highest BCUT2D eigenvalue weighted by molar-refractivity contribution is 5.89. The third-order valence-electron chi connectivity index (χ3n) is 3.06. The third kappa shape index (κ3) is 4.48. The summed E-state index contributed by atoms with van der Waals surface area (Å²) in [5, 5.41) is 0. The normalized spacial score (nSPS) is 9.95. The lowest BCUT2D eigenvalue weighted by molar-refractivity contribution is -0.145. The zero-order chi connectivity index (χ0) is 15.1. The van der Waals surface area contributed by atoms with E-state index in [0.29, 0.717) is 17.8 Å². The maximum Gasteiger partial charge on any atom is 0.306 e. The summed E-state index contributed by atoms with van der Waals surface area (Å²) in [4.78, 5) is 22.7. The van der Waals surface area contributed by atoms with Gasteiger partial charge in [0, 0.05) is 5.57 Å². The Labute approximate surface area is 123 Å². The van der Waals surface area contributed by atoms with Crippen molar-refractivity contribution in [3.63, 3.8) is 0 Å².